The Kier molecular flexibility index (Phi) is 5.05. The predicted molar refractivity (Wildman–Crippen MR) is 77.9 cm³/mol. The number of hydrogen-bond donors (Lipinski definition) is 1. The molecule has 1 N–H and O–H groups in total. The zero-order chi connectivity index (χ0) is 13.1. The highest BCUT2D eigenvalue weighted by Gasteiger charge is 2.33. The third kappa shape index (κ3) is 3.25. The highest BCUT2D eigenvalue weighted by Crippen LogP contribution is 2.24. The van der Waals surface area contributed by atoms with E-state index in [2.05, 4.69) is 42.9 Å². The summed E-state index contributed by atoms with van der Waals surface area (Å²) >= 11 is 0. The minimum Gasteiger partial charge on any atom is -0.315 e. The standard InChI is InChI=1S/C15H31N3/c1-12(2)15(16-4)11-18-10-14-7-5-6-8-17(14)9-13(18)3/h12-16H,5-11H2,1-4H3. The molecule has 2 aliphatic heterocycles. The van der Waals surface area contributed by atoms with Gasteiger partial charge in [0, 0.05) is 37.8 Å². The lowest BCUT2D eigenvalue weighted by molar-refractivity contribution is 0.00874. The second kappa shape index (κ2) is 6.36. The summed E-state index contributed by atoms with van der Waals surface area (Å²) in [6.07, 6.45) is 4.26. The van der Waals surface area contributed by atoms with Crippen molar-refractivity contribution in [2.75, 3.05) is 33.2 Å². The van der Waals surface area contributed by atoms with Crippen LogP contribution in [-0.4, -0.2) is 61.2 Å². The Labute approximate surface area is 113 Å². The Balaban J connectivity index is 1.92. The van der Waals surface area contributed by atoms with Gasteiger partial charge in [-0.1, -0.05) is 20.3 Å². The molecule has 18 heavy (non-hydrogen) atoms. The topological polar surface area (TPSA) is 18.5 Å². The van der Waals surface area contributed by atoms with Crippen molar-refractivity contribution in [3.05, 3.63) is 0 Å². The fraction of sp³-hybridized carbons (Fsp3) is 1.00. The predicted octanol–water partition coefficient (Wildman–Crippen LogP) is 1.79. The normalized spacial score (nSPS) is 32.5. The molecule has 2 fully saturated rings. The molecule has 2 heterocycles. The van der Waals surface area contributed by atoms with Crippen LogP contribution in [0.1, 0.15) is 40.0 Å². The average Bonchev–Trinajstić information content (AvgIpc) is 2.35. The second-order valence-corrected chi connectivity index (χ2v) is 6.59. The van der Waals surface area contributed by atoms with E-state index in [9.17, 15) is 0 Å². The third-order valence-electron chi connectivity index (χ3n) is 4.92. The van der Waals surface area contributed by atoms with E-state index in [4.69, 9.17) is 0 Å². The second-order valence-electron chi connectivity index (χ2n) is 6.59. The molecule has 0 aliphatic carbocycles. The van der Waals surface area contributed by atoms with Crippen molar-refractivity contribution >= 4 is 0 Å². The number of piperidine rings is 1. The molecule has 106 valence electrons. The molecule has 3 heteroatoms. The van der Waals surface area contributed by atoms with E-state index in [1.165, 1.54) is 45.4 Å². The van der Waals surface area contributed by atoms with Crippen LogP contribution >= 0.6 is 0 Å². The van der Waals surface area contributed by atoms with Crippen molar-refractivity contribution in [3.8, 4) is 0 Å². The van der Waals surface area contributed by atoms with Crippen molar-refractivity contribution in [1.29, 1.82) is 0 Å². The van der Waals surface area contributed by atoms with Gasteiger partial charge in [0.2, 0.25) is 0 Å². The first kappa shape index (κ1) is 14.3. The fourth-order valence-corrected chi connectivity index (χ4v) is 3.56. The molecular weight excluding hydrogens is 222 g/mol. The number of nitrogens with one attached hydrogen (secondary N) is 1. The van der Waals surface area contributed by atoms with Crippen LogP contribution in [0.2, 0.25) is 0 Å². The molecule has 0 spiro atoms. The van der Waals surface area contributed by atoms with Crippen molar-refractivity contribution in [2.45, 2.75) is 58.2 Å². The Morgan fingerprint density at radius 1 is 1.22 bits per heavy atom. The third-order valence-corrected chi connectivity index (χ3v) is 4.92. The van der Waals surface area contributed by atoms with Gasteiger partial charge in [-0.25, -0.2) is 0 Å². The Hall–Kier alpha value is -0.120. The molecule has 0 aromatic heterocycles. The number of fused-ring (bicyclic) bond motifs is 1. The average molecular weight is 253 g/mol. The molecule has 0 radical (unpaired) electrons. The Bertz CT molecular complexity index is 254. The summed E-state index contributed by atoms with van der Waals surface area (Å²) in [5.41, 5.74) is 0. The molecule has 0 bridgehead atoms. The van der Waals surface area contributed by atoms with Crippen LogP contribution in [0.25, 0.3) is 0 Å². The SMILES string of the molecule is CNC(CN1CC2CCCCN2CC1C)C(C)C. The first-order valence-electron chi connectivity index (χ1n) is 7.77. The van der Waals surface area contributed by atoms with Gasteiger partial charge in [-0.3, -0.25) is 9.80 Å². The number of rotatable bonds is 4. The minimum atomic E-state index is 0.627. The van der Waals surface area contributed by atoms with E-state index in [1.54, 1.807) is 0 Å². The van der Waals surface area contributed by atoms with Crippen molar-refractivity contribution < 1.29 is 0 Å². The first-order valence-corrected chi connectivity index (χ1v) is 7.77. The van der Waals surface area contributed by atoms with Gasteiger partial charge in [0.25, 0.3) is 0 Å². The fourth-order valence-electron chi connectivity index (χ4n) is 3.56. The molecule has 2 aliphatic rings. The maximum atomic E-state index is 3.49. The van der Waals surface area contributed by atoms with Crippen molar-refractivity contribution in [3.63, 3.8) is 0 Å². The summed E-state index contributed by atoms with van der Waals surface area (Å²) in [6, 6.07) is 2.18. The van der Waals surface area contributed by atoms with E-state index in [1.807, 2.05) is 0 Å². The van der Waals surface area contributed by atoms with Gasteiger partial charge in [-0.05, 0) is 39.3 Å². The molecule has 0 saturated carbocycles. The van der Waals surface area contributed by atoms with Crippen molar-refractivity contribution in [1.82, 2.24) is 15.1 Å². The number of hydrogen-bond acceptors (Lipinski definition) is 3. The van der Waals surface area contributed by atoms with Crippen LogP contribution in [0.3, 0.4) is 0 Å². The molecule has 3 atom stereocenters. The molecule has 3 unspecified atom stereocenters. The number of likely N-dealkylation sites (N-methyl/N-ethyl adjacent to an activating group) is 1. The van der Waals surface area contributed by atoms with Gasteiger partial charge < -0.3 is 5.32 Å². The minimum absolute atomic E-state index is 0.627. The van der Waals surface area contributed by atoms with E-state index >= 15 is 0 Å². The lowest BCUT2D eigenvalue weighted by atomic mass is 9.95. The van der Waals surface area contributed by atoms with Gasteiger partial charge in [0.05, 0.1) is 0 Å². The van der Waals surface area contributed by atoms with Crippen LogP contribution in [0.15, 0.2) is 0 Å². The molecule has 2 rings (SSSR count). The van der Waals surface area contributed by atoms with Crippen LogP contribution in [0, 0.1) is 5.92 Å². The van der Waals surface area contributed by atoms with Gasteiger partial charge in [0.15, 0.2) is 0 Å². The molecule has 0 aromatic rings. The van der Waals surface area contributed by atoms with Crippen LogP contribution < -0.4 is 5.32 Å². The van der Waals surface area contributed by atoms with E-state index in [-0.39, 0.29) is 0 Å². The van der Waals surface area contributed by atoms with E-state index < -0.39 is 0 Å². The van der Waals surface area contributed by atoms with Gasteiger partial charge in [-0.15, -0.1) is 0 Å². The van der Waals surface area contributed by atoms with E-state index in [0.29, 0.717) is 18.0 Å². The molecular formula is C15H31N3. The lowest BCUT2D eigenvalue weighted by Crippen LogP contribution is -2.60. The molecule has 3 nitrogen and oxygen atoms in total. The van der Waals surface area contributed by atoms with Crippen LogP contribution in [0.4, 0.5) is 0 Å². The van der Waals surface area contributed by atoms with Crippen LogP contribution in [-0.2, 0) is 0 Å². The Morgan fingerprint density at radius 3 is 2.67 bits per heavy atom. The maximum Gasteiger partial charge on any atom is 0.0223 e. The van der Waals surface area contributed by atoms with E-state index in [0.717, 1.165) is 6.04 Å². The molecule has 2 saturated heterocycles. The summed E-state index contributed by atoms with van der Waals surface area (Å²) in [4.78, 5) is 5.45. The molecule has 0 aromatic carbocycles. The summed E-state index contributed by atoms with van der Waals surface area (Å²) in [6.45, 7) is 12.1. The zero-order valence-corrected chi connectivity index (χ0v) is 12.7. The summed E-state index contributed by atoms with van der Waals surface area (Å²) < 4.78 is 0. The summed E-state index contributed by atoms with van der Waals surface area (Å²) in [7, 11) is 2.10. The number of piperazine rings is 1. The Morgan fingerprint density at radius 2 is 2.00 bits per heavy atom. The largest absolute Gasteiger partial charge is 0.315 e. The highest BCUT2D eigenvalue weighted by atomic mass is 15.3. The van der Waals surface area contributed by atoms with Crippen molar-refractivity contribution in [2.24, 2.45) is 5.92 Å². The zero-order valence-electron chi connectivity index (χ0n) is 12.7. The highest BCUT2D eigenvalue weighted by molar-refractivity contribution is 4.90. The number of nitrogens with zero attached hydrogens (tertiary/aromatic N) is 2. The summed E-state index contributed by atoms with van der Waals surface area (Å²) in [5, 5.41) is 3.49. The lowest BCUT2D eigenvalue weighted by Gasteiger charge is -2.48. The van der Waals surface area contributed by atoms with Gasteiger partial charge in [0.1, 0.15) is 0 Å². The molecule has 0 amide bonds. The first-order chi connectivity index (χ1) is 8.61. The van der Waals surface area contributed by atoms with Gasteiger partial charge >= 0.3 is 0 Å². The monoisotopic (exact) mass is 253 g/mol. The smallest absolute Gasteiger partial charge is 0.0223 e. The summed E-state index contributed by atoms with van der Waals surface area (Å²) in [5.74, 6) is 0.714. The van der Waals surface area contributed by atoms with Gasteiger partial charge in [-0.2, -0.15) is 0 Å². The quantitative estimate of drug-likeness (QED) is 0.824. The van der Waals surface area contributed by atoms with Crippen LogP contribution in [0.5, 0.6) is 0 Å². The maximum absolute atomic E-state index is 3.49.